The van der Waals surface area contributed by atoms with Crippen molar-refractivity contribution in [2.24, 2.45) is 0 Å². The van der Waals surface area contributed by atoms with Crippen molar-refractivity contribution < 1.29 is 14.5 Å². The van der Waals surface area contributed by atoms with Gasteiger partial charge in [-0.05, 0) is 37.5 Å². The number of nitro benzene ring substituents is 1. The van der Waals surface area contributed by atoms with E-state index in [-0.39, 0.29) is 17.7 Å². The Morgan fingerprint density at radius 2 is 1.88 bits per heavy atom. The summed E-state index contributed by atoms with van der Waals surface area (Å²) in [6.45, 7) is 3.50. The highest BCUT2D eigenvalue weighted by Gasteiger charge is 2.25. The molecule has 136 valence electrons. The Hall–Kier alpha value is -2.73. The minimum Gasteiger partial charge on any atom is -0.373 e. The number of carbonyl (C=O) groups is 1. The van der Waals surface area contributed by atoms with Crippen LogP contribution >= 0.6 is 0 Å². The van der Waals surface area contributed by atoms with Crippen LogP contribution in [0.25, 0.3) is 0 Å². The fourth-order valence-electron chi connectivity index (χ4n) is 3.19. The molecule has 6 heteroatoms. The number of rotatable bonds is 5. The minimum absolute atomic E-state index is 0.0366. The van der Waals surface area contributed by atoms with E-state index in [0.717, 1.165) is 18.4 Å². The summed E-state index contributed by atoms with van der Waals surface area (Å²) >= 11 is 0. The van der Waals surface area contributed by atoms with Crippen LogP contribution in [-0.4, -0.2) is 34.9 Å². The van der Waals surface area contributed by atoms with E-state index in [1.54, 1.807) is 17.9 Å². The molecule has 2 aromatic carbocycles. The maximum absolute atomic E-state index is 12.6. The first-order valence-corrected chi connectivity index (χ1v) is 8.74. The van der Waals surface area contributed by atoms with Crippen molar-refractivity contribution in [3.05, 3.63) is 75.3 Å². The van der Waals surface area contributed by atoms with Crippen LogP contribution in [0.1, 0.15) is 34.3 Å². The smallest absolute Gasteiger partial charge is 0.272 e. The first-order valence-electron chi connectivity index (χ1n) is 8.74. The number of benzene rings is 2. The Morgan fingerprint density at radius 1 is 1.19 bits per heavy atom. The number of aryl methyl sites for hydroxylation is 1. The van der Waals surface area contributed by atoms with Gasteiger partial charge in [-0.3, -0.25) is 14.9 Å². The van der Waals surface area contributed by atoms with E-state index in [0.29, 0.717) is 30.8 Å². The van der Waals surface area contributed by atoms with Crippen LogP contribution in [0, 0.1) is 17.0 Å². The van der Waals surface area contributed by atoms with E-state index < -0.39 is 4.92 Å². The van der Waals surface area contributed by atoms with Gasteiger partial charge in [-0.25, -0.2) is 0 Å². The number of hydrogen-bond donors (Lipinski definition) is 0. The Bertz CT molecular complexity index is 784. The number of carbonyl (C=O) groups excluding carboxylic acids is 1. The zero-order valence-electron chi connectivity index (χ0n) is 14.8. The molecule has 0 aliphatic carbocycles. The van der Waals surface area contributed by atoms with Gasteiger partial charge in [-0.2, -0.15) is 0 Å². The number of nitrogens with zero attached hydrogens (tertiary/aromatic N) is 2. The number of nitro groups is 1. The second-order valence-electron chi connectivity index (χ2n) is 6.55. The summed E-state index contributed by atoms with van der Waals surface area (Å²) in [4.78, 5) is 24.9. The lowest BCUT2D eigenvalue weighted by Crippen LogP contribution is -2.40. The average Bonchev–Trinajstić information content (AvgIpc) is 2.66. The molecule has 26 heavy (non-hydrogen) atoms. The topological polar surface area (TPSA) is 72.7 Å². The van der Waals surface area contributed by atoms with Gasteiger partial charge in [0.25, 0.3) is 11.6 Å². The molecule has 0 saturated carbocycles. The molecular weight excluding hydrogens is 332 g/mol. The molecule has 1 fully saturated rings. The van der Waals surface area contributed by atoms with Crippen molar-refractivity contribution >= 4 is 11.6 Å². The van der Waals surface area contributed by atoms with Crippen LogP contribution in [-0.2, 0) is 11.3 Å². The summed E-state index contributed by atoms with van der Waals surface area (Å²) in [5.41, 5.74) is 2.18. The largest absolute Gasteiger partial charge is 0.373 e. The molecule has 1 saturated heterocycles. The van der Waals surface area contributed by atoms with E-state index in [1.807, 2.05) is 30.3 Å². The van der Waals surface area contributed by atoms with Gasteiger partial charge in [0.1, 0.15) is 0 Å². The van der Waals surface area contributed by atoms with Gasteiger partial charge < -0.3 is 9.64 Å². The van der Waals surface area contributed by atoms with E-state index >= 15 is 0 Å². The normalized spacial score (nSPS) is 15.0. The SMILES string of the molecule is Cc1cc(C(=O)N2CCC(OCc3ccccc3)CC2)ccc1[N+](=O)[O-]. The highest BCUT2D eigenvalue weighted by molar-refractivity contribution is 5.94. The number of piperidine rings is 1. The summed E-state index contributed by atoms with van der Waals surface area (Å²) < 4.78 is 5.95. The second kappa shape index (κ2) is 8.10. The van der Waals surface area contributed by atoms with Crippen LogP contribution < -0.4 is 0 Å². The van der Waals surface area contributed by atoms with Crippen molar-refractivity contribution in [3.8, 4) is 0 Å². The van der Waals surface area contributed by atoms with Gasteiger partial charge >= 0.3 is 0 Å². The van der Waals surface area contributed by atoms with Crippen LogP contribution in [0.5, 0.6) is 0 Å². The molecule has 0 unspecified atom stereocenters. The molecule has 1 aliphatic rings. The number of hydrogen-bond acceptors (Lipinski definition) is 4. The molecule has 1 heterocycles. The molecule has 0 atom stereocenters. The maximum atomic E-state index is 12.6. The Balaban J connectivity index is 1.53. The van der Waals surface area contributed by atoms with Crippen LogP contribution in [0.4, 0.5) is 5.69 Å². The molecule has 0 bridgehead atoms. The van der Waals surface area contributed by atoms with Crippen molar-refractivity contribution in [2.75, 3.05) is 13.1 Å². The summed E-state index contributed by atoms with van der Waals surface area (Å²) in [5, 5.41) is 10.9. The van der Waals surface area contributed by atoms with E-state index in [2.05, 4.69) is 0 Å². The Labute approximate surface area is 152 Å². The Morgan fingerprint density at radius 3 is 2.50 bits per heavy atom. The highest BCUT2D eigenvalue weighted by atomic mass is 16.6. The zero-order chi connectivity index (χ0) is 18.5. The third kappa shape index (κ3) is 4.26. The third-order valence-corrected chi connectivity index (χ3v) is 4.70. The average molecular weight is 354 g/mol. The number of amides is 1. The standard InChI is InChI=1S/C20H22N2O4/c1-15-13-17(7-8-19(15)22(24)25)20(23)21-11-9-18(10-12-21)26-14-16-5-3-2-4-6-16/h2-8,13,18H,9-12,14H2,1H3. The molecule has 0 N–H and O–H groups in total. The first-order chi connectivity index (χ1) is 12.5. The quantitative estimate of drug-likeness (QED) is 0.606. The minimum atomic E-state index is -0.431. The molecular formula is C20H22N2O4. The van der Waals surface area contributed by atoms with E-state index in [9.17, 15) is 14.9 Å². The van der Waals surface area contributed by atoms with Gasteiger partial charge in [-0.1, -0.05) is 30.3 Å². The van der Waals surface area contributed by atoms with Gasteiger partial charge in [-0.15, -0.1) is 0 Å². The van der Waals surface area contributed by atoms with E-state index in [4.69, 9.17) is 4.74 Å². The summed E-state index contributed by atoms with van der Waals surface area (Å²) in [5.74, 6) is -0.0792. The molecule has 0 spiro atoms. The van der Waals surface area contributed by atoms with Gasteiger partial charge in [0.05, 0.1) is 17.6 Å². The fourth-order valence-corrected chi connectivity index (χ4v) is 3.19. The Kier molecular flexibility index (Phi) is 5.63. The fraction of sp³-hybridized carbons (Fsp3) is 0.350. The van der Waals surface area contributed by atoms with Gasteiger partial charge in [0.15, 0.2) is 0 Å². The predicted molar refractivity (Wildman–Crippen MR) is 98.0 cm³/mol. The summed E-state index contributed by atoms with van der Waals surface area (Å²) in [7, 11) is 0. The van der Waals surface area contributed by atoms with Crippen molar-refractivity contribution in [2.45, 2.75) is 32.5 Å². The molecule has 0 radical (unpaired) electrons. The van der Waals surface area contributed by atoms with Crippen LogP contribution in [0.2, 0.25) is 0 Å². The maximum Gasteiger partial charge on any atom is 0.272 e. The van der Waals surface area contributed by atoms with Crippen molar-refractivity contribution in [1.29, 1.82) is 0 Å². The van der Waals surface area contributed by atoms with Gasteiger partial charge in [0.2, 0.25) is 0 Å². The zero-order valence-corrected chi connectivity index (χ0v) is 14.8. The molecule has 6 nitrogen and oxygen atoms in total. The van der Waals surface area contributed by atoms with Crippen LogP contribution in [0.15, 0.2) is 48.5 Å². The third-order valence-electron chi connectivity index (χ3n) is 4.70. The molecule has 3 rings (SSSR count). The summed E-state index contributed by atoms with van der Waals surface area (Å²) in [6.07, 6.45) is 1.74. The van der Waals surface area contributed by atoms with Crippen molar-refractivity contribution in [3.63, 3.8) is 0 Å². The van der Waals surface area contributed by atoms with Gasteiger partial charge in [0, 0.05) is 30.3 Å². The predicted octanol–water partition coefficient (Wildman–Crippen LogP) is 3.72. The monoisotopic (exact) mass is 354 g/mol. The van der Waals surface area contributed by atoms with Crippen molar-refractivity contribution in [1.82, 2.24) is 4.90 Å². The molecule has 1 amide bonds. The molecule has 1 aliphatic heterocycles. The molecule has 0 aromatic heterocycles. The first kappa shape index (κ1) is 18.1. The lowest BCUT2D eigenvalue weighted by Gasteiger charge is -2.32. The second-order valence-corrected chi connectivity index (χ2v) is 6.55. The summed E-state index contributed by atoms with van der Waals surface area (Å²) in [6, 6.07) is 14.6. The number of likely N-dealkylation sites (tertiary alicyclic amines) is 1. The van der Waals surface area contributed by atoms with Crippen LogP contribution in [0.3, 0.4) is 0 Å². The lowest BCUT2D eigenvalue weighted by atomic mass is 10.0. The number of ether oxygens (including phenoxy) is 1. The lowest BCUT2D eigenvalue weighted by molar-refractivity contribution is -0.385. The van der Waals surface area contributed by atoms with E-state index in [1.165, 1.54) is 12.1 Å². The highest BCUT2D eigenvalue weighted by Crippen LogP contribution is 2.22. The molecule has 2 aromatic rings.